The molecule has 4 nitrogen and oxygen atoms in total. The van der Waals surface area contributed by atoms with Gasteiger partial charge in [-0.2, -0.15) is 0 Å². The van der Waals surface area contributed by atoms with E-state index in [-0.39, 0.29) is 6.54 Å². The predicted octanol–water partition coefficient (Wildman–Crippen LogP) is 2.48. The molecule has 0 amide bonds. The van der Waals surface area contributed by atoms with Gasteiger partial charge in [0, 0.05) is 6.54 Å². The van der Waals surface area contributed by atoms with E-state index in [9.17, 15) is 4.79 Å². The number of carboxylic acid groups (broad SMARTS) is 1. The summed E-state index contributed by atoms with van der Waals surface area (Å²) in [5.41, 5.74) is 2.34. The maximum atomic E-state index is 10.7. The molecule has 0 fully saturated rings. The number of hydrogen-bond acceptors (Lipinski definition) is 3. The van der Waals surface area contributed by atoms with Gasteiger partial charge in [0.15, 0.2) is 0 Å². The van der Waals surface area contributed by atoms with Crippen molar-refractivity contribution in [1.82, 2.24) is 4.90 Å². The van der Waals surface area contributed by atoms with Crippen molar-refractivity contribution in [3.8, 4) is 5.75 Å². The van der Waals surface area contributed by atoms with Crippen LogP contribution in [0.15, 0.2) is 18.2 Å². The summed E-state index contributed by atoms with van der Waals surface area (Å²) in [4.78, 5) is 12.6. The van der Waals surface area contributed by atoms with E-state index in [4.69, 9.17) is 9.84 Å². The Morgan fingerprint density at radius 1 is 1.21 bits per heavy atom. The Kier molecular flexibility index (Phi) is 6.36. The second-order valence-corrected chi connectivity index (χ2v) is 4.84. The van der Waals surface area contributed by atoms with Gasteiger partial charge in [0.05, 0.1) is 6.54 Å². The summed E-state index contributed by atoms with van der Waals surface area (Å²) >= 11 is 0. The average molecular weight is 265 g/mol. The Morgan fingerprint density at radius 3 is 2.37 bits per heavy atom. The van der Waals surface area contributed by atoms with E-state index in [1.165, 1.54) is 11.1 Å². The first-order valence-corrected chi connectivity index (χ1v) is 6.66. The minimum atomic E-state index is -0.792. The first-order chi connectivity index (χ1) is 9.01. The van der Waals surface area contributed by atoms with Gasteiger partial charge in [-0.05, 0) is 50.1 Å². The lowest BCUT2D eigenvalue weighted by Gasteiger charge is -2.19. The monoisotopic (exact) mass is 265 g/mol. The minimum absolute atomic E-state index is 0.0735. The zero-order chi connectivity index (χ0) is 14.3. The van der Waals surface area contributed by atoms with E-state index in [2.05, 4.69) is 6.07 Å². The van der Waals surface area contributed by atoms with Gasteiger partial charge in [-0.3, -0.25) is 9.69 Å². The molecule has 1 aromatic carbocycles. The second kappa shape index (κ2) is 7.79. The standard InChI is InChI=1S/C15H23NO3/c1-4-5-16(11-15(17)18)6-7-19-14-9-12(2)8-13(3)10-14/h8-10H,4-7,11H2,1-3H3,(H,17,18). The van der Waals surface area contributed by atoms with Gasteiger partial charge in [-0.25, -0.2) is 0 Å². The molecule has 0 aliphatic heterocycles. The summed E-state index contributed by atoms with van der Waals surface area (Å²) in [7, 11) is 0. The summed E-state index contributed by atoms with van der Waals surface area (Å²) in [6.07, 6.45) is 0.941. The first kappa shape index (κ1) is 15.5. The van der Waals surface area contributed by atoms with Gasteiger partial charge in [0.1, 0.15) is 12.4 Å². The van der Waals surface area contributed by atoms with Crippen molar-refractivity contribution < 1.29 is 14.6 Å². The van der Waals surface area contributed by atoms with Crippen LogP contribution in [-0.4, -0.2) is 42.2 Å². The van der Waals surface area contributed by atoms with E-state index in [0.29, 0.717) is 13.2 Å². The fourth-order valence-corrected chi connectivity index (χ4v) is 2.09. The molecule has 0 heterocycles. The number of rotatable bonds is 8. The molecule has 0 aromatic heterocycles. The molecule has 0 radical (unpaired) electrons. The van der Waals surface area contributed by atoms with Crippen LogP contribution in [0.3, 0.4) is 0 Å². The molecular weight excluding hydrogens is 242 g/mol. The summed E-state index contributed by atoms with van der Waals surface area (Å²) in [6.45, 7) is 8.11. The lowest BCUT2D eigenvalue weighted by atomic mass is 10.1. The van der Waals surface area contributed by atoms with Crippen molar-refractivity contribution in [2.24, 2.45) is 0 Å². The highest BCUT2D eigenvalue weighted by molar-refractivity contribution is 5.69. The molecule has 19 heavy (non-hydrogen) atoms. The molecule has 1 N–H and O–H groups in total. The molecule has 1 aromatic rings. The van der Waals surface area contributed by atoms with Crippen LogP contribution in [0.4, 0.5) is 0 Å². The van der Waals surface area contributed by atoms with Gasteiger partial charge in [-0.15, -0.1) is 0 Å². The molecule has 0 bridgehead atoms. The largest absolute Gasteiger partial charge is 0.492 e. The Balaban J connectivity index is 2.44. The Labute approximate surface area is 115 Å². The lowest BCUT2D eigenvalue weighted by molar-refractivity contribution is -0.138. The van der Waals surface area contributed by atoms with Gasteiger partial charge in [0.2, 0.25) is 0 Å². The van der Waals surface area contributed by atoms with Gasteiger partial charge < -0.3 is 9.84 Å². The fraction of sp³-hybridized carbons (Fsp3) is 0.533. The van der Waals surface area contributed by atoms with E-state index in [1.807, 2.05) is 37.8 Å². The van der Waals surface area contributed by atoms with Crippen molar-refractivity contribution in [2.75, 3.05) is 26.2 Å². The number of ether oxygens (including phenoxy) is 1. The van der Waals surface area contributed by atoms with Crippen LogP contribution in [0.1, 0.15) is 24.5 Å². The van der Waals surface area contributed by atoms with Gasteiger partial charge in [-0.1, -0.05) is 13.0 Å². The van der Waals surface area contributed by atoms with E-state index in [1.54, 1.807) is 0 Å². The number of benzene rings is 1. The molecule has 4 heteroatoms. The number of nitrogens with zero attached hydrogens (tertiary/aromatic N) is 1. The zero-order valence-corrected chi connectivity index (χ0v) is 12.0. The van der Waals surface area contributed by atoms with Crippen LogP contribution in [0.25, 0.3) is 0 Å². The van der Waals surface area contributed by atoms with Crippen LogP contribution in [0.5, 0.6) is 5.75 Å². The third kappa shape index (κ3) is 6.25. The summed E-state index contributed by atoms with van der Waals surface area (Å²) < 4.78 is 5.69. The van der Waals surface area contributed by atoms with Crippen molar-refractivity contribution in [2.45, 2.75) is 27.2 Å². The molecule has 0 atom stereocenters. The number of carbonyl (C=O) groups is 1. The van der Waals surface area contributed by atoms with Crippen LogP contribution >= 0.6 is 0 Å². The minimum Gasteiger partial charge on any atom is -0.492 e. The Bertz CT molecular complexity index is 398. The smallest absolute Gasteiger partial charge is 0.317 e. The molecule has 1 rings (SSSR count). The quantitative estimate of drug-likeness (QED) is 0.784. The molecule has 106 valence electrons. The van der Waals surface area contributed by atoms with Crippen molar-refractivity contribution in [1.29, 1.82) is 0 Å². The maximum absolute atomic E-state index is 10.7. The second-order valence-electron chi connectivity index (χ2n) is 4.84. The third-order valence-corrected chi connectivity index (χ3v) is 2.77. The van der Waals surface area contributed by atoms with E-state index in [0.717, 1.165) is 18.7 Å². The SMILES string of the molecule is CCCN(CCOc1cc(C)cc(C)c1)CC(=O)O. The van der Waals surface area contributed by atoms with Crippen molar-refractivity contribution in [3.05, 3.63) is 29.3 Å². The van der Waals surface area contributed by atoms with E-state index < -0.39 is 5.97 Å². The number of carboxylic acids is 1. The Hall–Kier alpha value is -1.55. The topological polar surface area (TPSA) is 49.8 Å². The summed E-state index contributed by atoms with van der Waals surface area (Å²) in [5, 5.41) is 8.82. The molecular formula is C15H23NO3. The number of hydrogen-bond donors (Lipinski definition) is 1. The molecule has 0 unspecified atom stereocenters. The highest BCUT2D eigenvalue weighted by Crippen LogP contribution is 2.16. The van der Waals surface area contributed by atoms with Gasteiger partial charge in [0.25, 0.3) is 0 Å². The van der Waals surface area contributed by atoms with Gasteiger partial charge >= 0.3 is 5.97 Å². The Morgan fingerprint density at radius 2 is 1.84 bits per heavy atom. The molecule has 0 aliphatic carbocycles. The highest BCUT2D eigenvalue weighted by Gasteiger charge is 2.08. The highest BCUT2D eigenvalue weighted by atomic mass is 16.5. The van der Waals surface area contributed by atoms with Crippen LogP contribution in [-0.2, 0) is 4.79 Å². The van der Waals surface area contributed by atoms with Crippen molar-refractivity contribution in [3.63, 3.8) is 0 Å². The molecule has 0 spiro atoms. The first-order valence-electron chi connectivity index (χ1n) is 6.66. The molecule has 0 saturated carbocycles. The zero-order valence-electron chi connectivity index (χ0n) is 12.0. The van der Waals surface area contributed by atoms with Crippen molar-refractivity contribution >= 4 is 5.97 Å². The number of aryl methyl sites for hydroxylation is 2. The normalized spacial score (nSPS) is 10.7. The fourth-order valence-electron chi connectivity index (χ4n) is 2.09. The third-order valence-electron chi connectivity index (χ3n) is 2.77. The maximum Gasteiger partial charge on any atom is 0.317 e. The number of aliphatic carboxylic acids is 1. The summed E-state index contributed by atoms with van der Waals surface area (Å²) in [5.74, 6) is 0.0594. The molecule has 0 saturated heterocycles. The average Bonchev–Trinajstić information content (AvgIpc) is 2.27. The van der Waals surface area contributed by atoms with Crippen LogP contribution in [0.2, 0.25) is 0 Å². The van der Waals surface area contributed by atoms with Crippen LogP contribution in [0, 0.1) is 13.8 Å². The van der Waals surface area contributed by atoms with E-state index >= 15 is 0 Å². The lowest BCUT2D eigenvalue weighted by Crippen LogP contribution is -2.34. The summed E-state index contributed by atoms with van der Waals surface area (Å²) in [6, 6.07) is 6.09. The van der Waals surface area contributed by atoms with Crippen LogP contribution < -0.4 is 4.74 Å². The predicted molar refractivity (Wildman–Crippen MR) is 75.8 cm³/mol. The molecule has 0 aliphatic rings.